The van der Waals surface area contributed by atoms with E-state index in [1.165, 1.54) is 0 Å². The van der Waals surface area contributed by atoms with Gasteiger partial charge in [-0.05, 0) is 13.8 Å². The van der Waals surface area contributed by atoms with E-state index in [1.807, 2.05) is 18.7 Å². The summed E-state index contributed by atoms with van der Waals surface area (Å²) in [5.74, 6) is 0.00516. The summed E-state index contributed by atoms with van der Waals surface area (Å²) in [6.45, 7) is 7.78. The number of nitrogens with zero attached hydrogens (tertiary/aromatic N) is 1. The minimum absolute atomic E-state index is 0.00516. The molecule has 1 fully saturated rings. The highest BCUT2D eigenvalue weighted by Gasteiger charge is 2.29. The topological polar surface area (TPSA) is 83.1 Å². The number of rotatable bonds is 9. The summed E-state index contributed by atoms with van der Waals surface area (Å²) in [5.41, 5.74) is 0. The number of likely N-dealkylation sites (N-methyl/N-ethyl adjacent to an activating group) is 1. The molecule has 0 aromatic carbocycles. The molecule has 0 bridgehead atoms. The van der Waals surface area contributed by atoms with Crippen LogP contribution in [0.5, 0.6) is 0 Å². The summed E-state index contributed by atoms with van der Waals surface area (Å²) < 4.78 is 10.5. The normalized spacial score (nSPS) is 22.8. The molecule has 0 aliphatic carbocycles. The van der Waals surface area contributed by atoms with Gasteiger partial charge >= 0.3 is 0 Å². The molecular formula is C14H29N3O4. The number of carbonyl (C=O) groups excluding carboxylic acids is 1. The van der Waals surface area contributed by atoms with Crippen molar-refractivity contribution < 1.29 is 19.4 Å². The highest BCUT2D eigenvalue weighted by molar-refractivity contribution is 5.82. The van der Waals surface area contributed by atoms with Gasteiger partial charge in [0.15, 0.2) is 0 Å². The molecule has 1 aliphatic heterocycles. The average molecular weight is 303 g/mol. The Labute approximate surface area is 127 Å². The Hall–Kier alpha value is -0.730. The first-order valence-corrected chi connectivity index (χ1v) is 7.59. The van der Waals surface area contributed by atoms with E-state index in [0.717, 1.165) is 13.1 Å². The minimum Gasteiger partial charge on any atom is -0.389 e. The fraction of sp³-hybridized carbons (Fsp3) is 0.929. The number of aliphatic hydroxyl groups is 1. The number of hydrogen-bond donors (Lipinski definition) is 3. The highest BCUT2D eigenvalue weighted by Crippen LogP contribution is 2.06. The van der Waals surface area contributed by atoms with Crippen molar-refractivity contribution in [2.24, 2.45) is 0 Å². The van der Waals surface area contributed by atoms with Crippen LogP contribution in [-0.4, -0.2) is 87.2 Å². The van der Waals surface area contributed by atoms with Gasteiger partial charge in [-0.15, -0.1) is 0 Å². The largest absolute Gasteiger partial charge is 0.389 e. The molecule has 21 heavy (non-hydrogen) atoms. The molecule has 0 radical (unpaired) electrons. The summed E-state index contributed by atoms with van der Waals surface area (Å²) >= 11 is 0. The Balaban J connectivity index is 2.40. The monoisotopic (exact) mass is 303 g/mol. The first-order chi connectivity index (χ1) is 10.1. The molecule has 3 atom stereocenters. The Bertz CT molecular complexity index is 304. The van der Waals surface area contributed by atoms with E-state index in [-0.39, 0.29) is 24.7 Å². The molecule has 3 N–H and O–H groups in total. The molecule has 1 amide bonds. The van der Waals surface area contributed by atoms with Crippen LogP contribution in [0.1, 0.15) is 13.8 Å². The molecule has 0 aromatic rings. The molecule has 1 saturated heterocycles. The van der Waals surface area contributed by atoms with Gasteiger partial charge in [0.1, 0.15) is 6.04 Å². The second-order valence-electron chi connectivity index (χ2n) is 5.36. The van der Waals surface area contributed by atoms with Crippen molar-refractivity contribution in [3.8, 4) is 0 Å². The van der Waals surface area contributed by atoms with Crippen LogP contribution in [0.3, 0.4) is 0 Å². The van der Waals surface area contributed by atoms with Gasteiger partial charge in [0.2, 0.25) is 5.91 Å². The summed E-state index contributed by atoms with van der Waals surface area (Å²) in [5, 5.41) is 16.1. The lowest BCUT2D eigenvalue weighted by Gasteiger charge is -2.36. The van der Waals surface area contributed by atoms with Crippen molar-refractivity contribution >= 4 is 5.91 Å². The Morgan fingerprint density at radius 1 is 1.52 bits per heavy atom. The lowest BCUT2D eigenvalue weighted by Crippen LogP contribution is -2.59. The van der Waals surface area contributed by atoms with Gasteiger partial charge in [-0.2, -0.15) is 0 Å². The molecule has 0 aromatic heterocycles. The predicted octanol–water partition coefficient (Wildman–Crippen LogP) is -1.19. The molecule has 7 heteroatoms. The second kappa shape index (κ2) is 10.1. The van der Waals surface area contributed by atoms with Crippen LogP contribution in [0.15, 0.2) is 0 Å². The Kier molecular flexibility index (Phi) is 8.79. The quantitative estimate of drug-likeness (QED) is 0.497. The molecule has 1 aliphatic rings. The van der Waals surface area contributed by atoms with Crippen LogP contribution in [0.2, 0.25) is 0 Å². The lowest BCUT2D eigenvalue weighted by atomic mass is 10.1. The first-order valence-electron chi connectivity index (χ1n) is 7.59. The van der Waals surface area contributed by atoms with Crippen molar-refractivity contribution in [1.82, 2.24) is 15.5 Å². The van der Waals surface area contributed by atoms with Crippen LogP contribution >= 0.6 is 0 Å². The summed E-state index contributed by atoms with van der Waals surface area (Å²) in [4.78, 5) is 14.0. The minimum atomic E-state index is -0.612. The van der Waals surface area contributed by atoms with Crippen LogP contribution in [0, 0.1) is 0 Å². The zero-order chi connectivity index (χ0) is 15.7. The molecular weight excluding hydrogens is 274 g/mol. The van der Waals surface area contributed by atoms with Gasteiger partial charge in [-0.25, -0.2) is 0 Å². The van der Waals surface area contributed by atoms with E-state index in [2.05, 4.69) is 10.6 Å². The number of piperazine rings is 1. The number of aliphatic hydroxyl groups excluding tert-OH is 1. The first kappa shape index (κ1) is 18.3. The third-order valence-electron chi connectivity index (χ3n) is 3.43. The van der Waals surface area contributed by atoms with E-state index < -0.39 is 6.10 Å². The van der Waals surface area contributed by atoms with E-state index in [9.17, 15) is 9.90 Å². The van der Waals surface area contributed by atoms with Gasteiger partial charge in [0, 0.05) is 39.8 Å². The van der Waals surface area contributed by atoms with Crippen molar-refractivity contribution in [1.29, 1.82) is 0 Å². The third kappa shape index (κ3) is 6.71. The molecule has 1 heterocycles. The number of ether oxygens (including phenoxy) is 2. The standard InChI is InChI=1S/C14H29N3O4/c1-4-16-14(19)13-7-15-5-6-17(13)8-12(18)10-21-11(2)9-20-3/h11-13,15,18H,4-10H2,1-3H3,(H,16,19). The number of methoxy groups -OCH3 is 1. The SMILES string of the molecule is CCNC(=O)C1CNCCN1CC(O)COC(C)COC. The molecule has 124 valence electrons. The van der Waals surface area contributed by atoms with Gasteiger partial charge in [0.05, 0.1) is 25.4 Å². The zero-order valence-electron chi connectivity index (χ0n) is 13.3. The average Bonchev–Trinajstić information content (AvgIpc) is 2.46. The number of carbonyl (C=O) groups is 1. The number of amides is 1. The number of hydrogen-bond acceptors (Lipinski definition) is 6. The fourth-order valence-corrected chi connectivity index (χ4v) is 2.40. The van der Waals surface area contributed by atoms with Gasteiger partial charge < -0.3 is 25.2 Å². The summed E-state index contributed by atoms with van der Waals surface area (Å²) in [6.07, 6.45) is -0.661. The van der Waals surface area contributed by atoms with E-state index >= 15 is 0 Å². The maximum atomic E-state index is 12.0. The third-order valence-corrected chi connectivity index (χ3v) is 3.43. The molecule has 3 unspecified atom stereocenters. The fourth-order valence-electron chi connectivity index (χ4n) is 2.40. The van der Waals surface area contributed by atoms with E-state index in [0.29, 0.717) is 26.2 Å². The molecule has 0 spiro atoms. The number of β-amino-alcohol motifs (C(OH)–C–C–N with tert-alkyl or cyclic N) is 1. The van der Waals surface area contributed by atoms with Crippen molar-refractivity contribution in [3.05, 3.63) is 0 Å². The lowest BCUT2D eigenvalue weighted by molar-refractivity contribution is -0.128. The summed E-state index contributed by atoms with van der Waals surface area (Å²) in [7, 11) is 1.62. The Morgan fingerprint density at radius 3 is 2.95 bits per heavy atom. The van der Waals surface area contributed by atoms with Crippen molar-refractivity contribution in [2.45, 2.75) is 32.1 Å². The van der Waals surface area contributed by atoms with Gasteiger partial charge in [-0.1, -0.05) is 0 Å². The smallest absolute Gasteiger partial charge is 0.238 e. The summed E-state index contributed by atoms with van der Waals surface area (Å²) in [6, 6.07) is -0.232. The van der Waals surface area contributed by atoms with Crippen LogP contribution in [0.25, 0.3) is 0 Å². The maximum absolute atomic E-state index is 12.0. The van der Waals surface area contributed by atoms with E-state index in [4.69, 9.17) is 9.47 Å². The van der Waals surface area contributed by atoms with Crippen LogP contribution in [0.4, 0.5) is 0 Å². The number of nitrogens with one attached hydrogen (secondary N) is 2. The molecule has 7 nitrogen and oxygen atoms in total. The van der Waals surface area contributed by atoms with E-state index in [1.54, 1.807) is 7.11 Å². The van der Waals surface area contributed by atoms with Gasteiger partial charge in [-0.3, -0.25) is 9.69 Å². The zero-order valence-corrected chi connectivity index (χ0v) is 13.3. The molecule has 1 rings (SSSR count). The van der Waals surface area contributed by atoms with Crippen molar-refractivity contribution in [3.63, 3.8) is 0 Å². The van der Waals surface area contributed by atoms with Crippen molar-refractivity contribution in [2.75, 3.05) is 53.0 Å². The predicted molar refractivity (Wildman–Crippen MR) is 80.2 cm³/mol. The maximum Gasteiger partial charge on any atom is 0.238 e. The van der Waals surface area contributed by atoms with Crippen LogP contribution in [-0.2, 0) is 14.3 Å². The Morgan fingerprint density at radius 2 is 2.29 bits per heavy atom. The highest BCUT2D eigenvalue weighted by atomic mass is 16.5. The van der Waals surface area contributed by atoms with Gasteiger partial charge in [0.25, 0.3) is 0 Å². The second-order valence-corrected chi connectivity index (χ2v) is 5.36. The molecule has 0 saturated carbocycles. The van der Waals surface area contributed by atoms with Crippen LogP contribution < -0.4 is 10.6 Å².